The fraction of sp³-hybridized carbons (Fsp3) is 0.857. The molecule has 0 aromatic carbocycles. The van der Waals surface area contributed by atoms with Crippen LogP contribution in [0.15, 0.2) is 0 Å². The highest BCUT2D eigenvalue weighted by molar-refractivity contribution is 5.79. The van der Waals surface area contributed by atoms with Gasteiger partial charge in [0.15, 0.2) is 0 Å². The van der Waals surface area contributed by atoms with E-state index < -0.39 is 11.9 Å². The molecule has 0 aliphatic heterocycles. The van der Waals surface area contributed by atoms with Crippen LogP contribution in [0.3, 0.4) is 0 Å². The van der Waals surface area contributed by atoms with E-state index in [1.54, 1.807) is 0 Å². The van der Waals surface area contributed by atoms with E-state index in [0.717, 1.165) is 0 Å². The average Bonchev–Trinajstić information content (AvgIpc) is 2.18. The second kappa shape index (κ2) is 6.89. The van der Waals surface area contributed by atoms with Crippen LogP contribution in [0.5, 0.6) is 0 Å². The normalized spacial score (nSPS) is 14.0. The first-order chi connectivity index (χ1) is 8.41. The molecule has 3 N–H and O–H groups in total. The average molecular weight is 272 g/mol. The van der Waals surface area contributed by atoms with Crippen LogP contribution in [0.25, 0.3) is 0 Å². The molecule has 19 heavy (non-hydrogen) atoms. The molecule has 0 rings (SSSR count). The van der Waals surface area contributed by atoms with Gasteiger partial charge in [-0.3, -0.25) is 9.59 Å². The summed E-state index contributed by atoms with van der Waals surface area (Å²) >= 11 is 0. The van der Waals surface area contributed by atoms with Crippen LogP contribution in [0.1, 0.15) is 48.0 Å². The van der Waals surface area contributed by atoms with Gasteiger partial charge in [-0.05, 0) is 32.6 Å². The fourth-order valence-corrected chi connectivity index (χ4v) is 1.63. The van der Waals surface area contributed by atoms with E-state index in [2.05, 4.69) is 10.6 Å². The molecule has 1 atom stereocenters. The molecule has 112 valence electrons. The highest BCUT2D eigenvalue weighted by atomic mass is 16.4. The minimum atomic E-state index is -0.862. The van der Waals surface area contributed by atoms with Crippen molar-refractivity contribution < 1.29 is 14.7 Å². The number of carbonyl (C=O) groups excluding carboxylic acids is 1. The van der Waals surface area contributed by atoms with Crippen molar-refractivity contribution in [2.45, 2.75) is 53.5 Å². The van der Waals surface area contributed by atoms with Gasteiger partial charge in [0.05, 0.1) is 12.5 Å². The third-order valence-corrected chi connectivity index (χ3v) is 2.53. The Morgan fingerprint density at radius 1 is 1.11 bits per heavy atom. The Bertz CT molecular complexity index is 314. The Hall–Kier alpha value is -1.10. The predicted molar refractivity (Wildman–Crippen MR) is 76.0 cm³/mol. The second-order valence-electron chi connectivity index (χ2n) is 7.21. The molecule has 0 bridgehead atoms. The SMILES string of the molecule is CC(C)(C)CC(CNC(=O)CNC(C)(C)C)C(=O)O. The fourth-order valence-electron chi connectivity index (χ4n) is 1.63. The van der Waals surface area contributed by atoms with E-state index in [1.165, 1.54) is 0 Å². The lowest BCUT2D eigenvalue weighted by molar-refractivity contribution is -0.142. The zero-order valence-electron chi connectivity index (χ0n) is 13.0. The van der Waals surface area contributed by atoms with Gasteiger partial charge in [0.25, 0.3) is 0 Å². The van der Waals surface area contributed by atoms with Crippen LogP contribution >= 0.6 is 0 Å². The Morgan fingerprint density at radius 2 is 1.63 bits per heavy atom. The smallest absolute Gasteiger partial charge is 0.308 e. The van der Waals surface area contributed by atoms with Crippen LogP contribution in [-0.4, -0.2) is 35.6 Å². The number of carboxylic acid groups (broad SMARTS) is 1. The Morgan fingerprint density at radius 3 is 2.00 bits per heavy atom. The van der Waals surface area contributed by atoms with Gasteiger partial charge in [0, 0.05) is 12.1 Å². The van der Waals surface area contributed by atoms with E-state index in [1.807, 2.05) is 41.5 Å². The van der Waals surface area contributed by atoms with E-state index in [0.29, 0.717) is 6.42 Å². The quantitative estimate of drug-likeness (QED) is 0.686. The lowest BCUT2D eigenvalue weighted by atomic mass is 9.84. The number of nitrogens with one attached hydrogen (secondary N) is 2. The zero-order chi connectivity index (χ0) is 15.3. The standard InChI is InChI=1S/C14H28N2O3/c1-13(2,3)7-10(12(18)19)8-15-11(17)9-16-14(4,5)6/h10,16H,7-9H2,1-6H3,(H,15,17)(H,18,19). The third kappa shape index (κ3) is 10.5. The summed E-state index contributed by atoms with van der Waals surface area (Å²) in [6.45, 7) is 12.3. The number of rotatable bonds is 6. The lowest BCUT2D eigenvalue weighted by Gasteiger charge is -2.24. The summed E-state index contributed by atoms with van der Waals surface area (Å²) in [7, 11) is 0. The molecule has 0 heterocycles. The van der Waals surface area contributed by atoms with Crippen LogP contribution < -0.4 is 10.6 Å². The molecule has 0 aromatic rings. The molecular weight excluding hydrogens is 244 g/mol. The largest absolute Gasteiger partial charge is 0.481 e. The number of aliphatic carboxylic acids is 1. The summed E-state index contributed by atoms with van der Waals surface area (Å²) in [5, 5.41) is 14.9. The van der Waals surface area contributed by atoms with Crippen molar-refractivity contribution in [2.75, 3.05) is 13.1 Å². The molecule has 0 fully saturated rings. The molecule has 0 aliphatic carbocycles. The van der Waals surface area contributed by atoms with Crippen LogP contribution in [0.2, 0.25) is 0 Å². The third-order valence-electron chi connectivity index (χ3n) is 2.53. The first-order valence-corrected chi connectivity index (χ1v) is 6.65. The molecule has 1 unspecified atom stereocenters. The molecule has 0 aromatic heterocycles. The van der Waals surface area contributed by atoms with Gasteiger partial charge in [-0.1, -0.05) is 20.8 Å². The number of hydrogen-bond donors (Lipinski definition) is 3. The van der Waals surface area contributed by atoms with Gasteiger partial charge in [0.2, 0.25) is 5.91 Å². The minimum absolute atomic E-state index is 0.0720. The molecule has 5 heteroatoms. The summed E-state index contributed by atoms with van der Waals surface area (Å²) in [6, 6.07) is 0. The number of hydrogen-bond acceptors (Lipinski definition) is 3. The maximum atomic E-state index is 11.6. The maximum absolute atomic E-state index is 11.6. The summed E-state index contributed by atoms with van der Waals surface area (Å²) in [5.41, 5.74) is -0.202. The van der Waals surface area contributed by atoms with Gasteiger partial charge in [0.1, 0.15) is 0 Å². The molecule has 0 saturated carbocycles. The second-order valence-corrected chi connectivity index (χ2v) is 7.21. The Labute approximate surface area is 116 Å². The van der Waals surface area contributed by atoms with E-state index in [-0.39, 0.29) is 30.0 Å². The molecule has 0 radical (unpaired) electrons. The maximum Gasteiger partial charge on any atom is 0.308 e. The van der Waals surface area contributed by atoms with Gasteiger partial charge in [-0.25, -0.2) is 0 Å². The molecule has 5 nitrogen and oxygen atoms in total. The molecule has 0 aliphatic rings. The van der Waals surface area contributed by atoms with Gasteiger partial charge < -0.3 is 15.7 Å². The molecule has 1 amide bonds. The van der Waals surface area contributed by atoms with E-state index in [4.69, 9.17) is 5.11 Å². The monoisotopic (exact) mass is 272 g/mol. The zero-order valence-corrected chi connectivity index (χ0v) is 13.0. The van der Waals surface area contributed by atoms with Crippen LogP contribution in [0.4, 0.5) is 0 Å². The summed E-state index contributed by atoms with van der Waals surface area (Å²) in [6.07, 6.45) is 0.537. The number of carbonyl (C=O) groups is 2. The van der Waals surface area contributed by atoms with Crippen molar-refractivity contribution >= 4 is 11.9 Å². The summed E-state index contributed by atoms with van der Waals surface area (Å²) in [5.74, 6) is -1.58. The first kappa shape index (κ1) is 17.9. The van der Waals surface area contributed by atoms with Crippen molar-refractivity contribution in [3.63, 3.8) is 0 Å². The highest BCUT2D eigenvalue weighted by Crippen LogP contribution is 2.24. The van der Waals surface area contributed by atoms with Gasteiger partial charge in [-0.2, -0.15) is 0 Å². The number of carboxylic acids is 1. The Kier molecular flexibility index (Phi) is 6.49. The van der Waals surface area contributed by atoms with E-state index in [9.17, 15) is 9.59 Å². The van der Waals surface area contributed by atoms with Crippen molar-refractivity contribution in [1.29, 1.82) is 0 Å². The minimum Gasteiger partial charge on any atom is -0.481 e. The molecule has 0 saturated heterocycles. The van der Waals surface area contributed by atoms with Crippen molar-refractivity contribution in [2.24, 2.45) is 11.3 Å². The van der Waals surface area contributed by atoms with Crippen molar-refractivity contribution in [1.82, 2.24) is 10.6 Å². The molecule has 0 spiro atoms. The number of amides is 1. The lowest BCUT2D eigenvalue weighted by Crippen LogP contribution is -2.45. The van der Waals surface area contributed by atoms with Gasteiger partial charge >= 0.3 is 5.97 Å². The summed E-state index contributed by atoms with van der Waals surface area (Å²) < 4.78 is 0. The predicted octanol–water partition coefficient (Wildman–Crippen LogP) is 1.63. The first-order valence-electron chi connectivity index (χ1n) is 6.65. The van der Waals surface area contributed by atoms with Gasteiger partial charge in [-0.15, -0.1) is 0 Å². The Balaban J connectivity index is 4.19. The van der Waals surface area contributed by atoms with E-state index >= 15 is 0 Å². The molecular formula is C14H28N2O3. The van der Waals surface area contributed by atoms with Crippen molar-refractivity contribution in [3.05, 3.63) is 0 Å². The van der Waals surface area contributed by atoms with Crippen LogP contribution in [0, 0.1) is 11.3 Å². The summed E-state index contributed by atoms with van der Waals surface area (Å²) in [4.78, 5) is 22.8. The van der Waals surface area contributed by atoms with Crippen LogP contribution in [-0.2, 0) is 9.59 Å². The topological polar surface area (TPSA) is 78.4 Å². The van der Waals surface area contributed by atoms with Crippen molar-refractivity contribution in [3.8, 4) is 0 Å². The highest BCUT2D eigenvalue weighted by Gasteiger charge is 2.25.